The first-order valence-electron chi connectivity index (χ1n) is 3.82. The van der Waals surface area contributed by atoms with E-state index in [2.05, 4.69) is 9.36 Å². The molecule has 0 amide bonds. The van der Waals surface area contributed by atoms with Gasteiger partial charge in [-0.1, -0.05) is 0 Å². The van der Waals surface area contributed by atoms with Crippen LogP contribution in [-0.2, 0) is 0 Å². The molecule has 0 saturated carbocycles. The van der Waals surface area contributed by atoms with Gasteiger partial charge in [-0.2, -0.15) is 9.36 Å². The second kappa shape index (κ2) is 3.50. The van der Waals surface area contributed by atoms with Crippen LogP contribution >= 0.6 is 11.5 Å². The lowest BCUT2D eigenvalue weighted by molar-refractivity contribution is 0.449. The minimum atomic E-state index is -1.53. The van der Waals surface area contributed by atoms with Gasteiger partial charge in [-0.05, 0) is 23.7 Å². The zero-order valence-electron chi connectivity index (χ0n) is 7.17. The first kappa shape index (κ1) is 9.91. The molecule has 1 aromatic carbocycles. The van der Waals surface area contributed by atoms with E-state index in [4.69, 9.17) is 5.73 Å². The molecule has 0 bridgehead atoms. The van der Waals surface area contributed by atoms with E-state index in [0.29, 0.717) is 0 Å². The first-order chi connectivity index (χ1) is 7.09. The molecule has 0 aliphatic carbocycles. The molecule has 15 heavy (non-hydrogen) atoms. The number of halogens is 3. The van der Waals surface area contributed by atoms with E-state index < -0.39 is 17.5 Å². The minimum absolute atomic E-state index is 0.0286. The van der Waals surface area contributed by atoms with Crippen LogP contribution in [0, 0.1) is 17.5 Å². The van der Waals surface area contributed by atoms with Crippen molar-refractivity contribution >= 4 is 17.5 Å². The van der Waals surface area contributed by atoms with E-state index in [1.165, 1.54) is 0 Å². The van der Waals surface area contributed by atoms with Crippen molar-refractivity contribution in [3.63, 3.8) is 0 Å². The Morgan fingerprint density at radius 2 is 1.87 bits per heavy atom. The number of hydrogen-bond acceptors (Lipinski definition) is 4. The number of rotatable bonds is 1. The van der Waals surface area contributed by atoms with E-state index in [1.807, 2.05) is 0 Å². The van der Waals surface area contributed by atoms with Crippen molar-refractivity contribution in [2.45, 2.75) is 0 Å². The predicted octanol–water partition coefficient (Wildman–Crippen LogP) is 2.20. The summed E-state index contributed by atoms with van der Waals surface area (Å²) in [4.78, 5) is 3.67. The molecule has 7 heteroatoms. The van der Waals surface area contributed by atoms with Gasteiger partial charge in [0.1, 0.15) is 5.01 Å². The number of nitrogen functional groups attached to an aromatic ring is 1. The summed E-state index contributed by atoms with van der Waals surface area (Å²) in [6.07, 6.45) is 0. The molecule has 1 heterocycles. The summed E-state index contributed by atoms with van der Waals surface area (Å²) in [5.74, 6) is -4.08. The highest BCUT2D eigenvalue weighted by molar-refractivity contribution is 7.09. The van der Waals surface area contributed by atoms with Crippen molar-refractivity contribution in [2.75, 3.05) is 5.73 Å². The largest absolute Gasteiger partial charge is 0.367 e. The zero-order valence-corrected chi connectivity index (χ0v) is 7.99. The Balaban J connectivity index is 2.59. The van der Waals surface area contributed by atoms with Gasteiger partial charge < -0.3 is 5.73 Å². The van der Waals surface area contributed by atoms with Gasteiger partial charge in [-0.25, -0.2) is 13.2 Å². The Labute approximate surface area is 86.5 Å². The maximum atomic E-state index is 13.2. The minimum Gasteiger partial charge on any atom is -0.367 e. The van der Waals surface area contributed by atoms with Crippen LogP contribution < -0.4 is 5.73 Å². The molecule has 2 aromatic rings. The third-order valence-electron chi connectivity index (χ3n) is 1.71. The molecule has 0 radical (unpaired) electrons. The van der Waals surface area contributed by atoms with E-state index in [0.717, 1.165) is 23.7 Å². The number of anilines is 1. The van der Waals surface area contributed by atoms with E-state index in [-0.39, 0.29) is 16.5 Å². The molecule has 0 saturated heterocycles. The van der Waals surface area contributed by atoms with E-state index in [1.54, 1.807) is 0 Å². The summed E-state index contributed by atoms with van der Waals surface area (Å²) >= 11 is 0.816. The summed E-state index contributed by atoms with van der Waals surface area (Å²) in [7, 11) is 0. The van der Waals surface area contributed by atoms with Crippen LogP contribution in [-0.4, -0.2) is 9.36 Å². The van der Waals surface area contributed by atoms with Crippen molar-refractivity contribution in [1.82, 2.24) is 9.36 Å². The molecule has 0 fully saturated rings. The average molecular weight is 231 g/mol. The van der Waals surface area contributed by atoms with Crippen molar-refractivity contribution < 1.29 is 13.2 Å². The Kier molecular flexibility index (Phi) is 2.31. The number of aromatic nitrogens is 2. The Morgan fingerprint density at radius 1 is 1.13 bits per heavy atom. The van der Waals surface area contributed by atoms with E-state index >= 15 is 0 Å². The van der Waals surface area contributed by atoms with Crippen molar-refractivity contribution in [3.8, 4) is 10.6 Å². The quantitative estimate of drug-likeness (QED) is 0.765. The van der Waals surface area contributed by atoms with Gasteiger partial charge in [0.15, 0.2) is 17.5 Å². The second-order valence-corrected chi connectivity index (χ2v) is 3.43. The molecule has 0 aliphatic rings. The smallest absolute Gasteiger partial charge is 0.232 e. The van der Waals surface area contributed by atoms with Gasteiger partial charge in [0.05, 0.1) is 5.56 Å². The predicted molar refractivity (Wildman–Crippen MR) is 49.6 cm³/mol. The summed E-state index contributed by atoms with van der Waals surface area (Å²) in [6, 6.07) is 1.92. The highest BCUT2D eigenvalue weighted by Gasteiger charge is 2.17. The van der Waals surface area contributed by atoms with Crippen LogP contribution in [0.5, 0.6) is 0 Å². The maximum Gasteiger partial charge on any atom is 0.232 e. The number of hydrogen-bond donors (Lipinski definition) is 1. The molecule has 2 N–H and O–H groups in total. The Hall–Kier alpha value is -1.63. The maximum absolute atomic E-state index is 13.2. The molecular weight excluding hydrogens is 227 g/mol. The summed E-state index contributed by atoms with van der Waals surface area (Å²) in [6.45, 7) is 0. The highest BCUT2D eigenvalue weighted by Crippen LogP contribution is 2.27. The zero-order chi connectivity index (χ0) is 11.0. The topological polar surface area (TPSA) is 51.8 Å². The lowest BCUT2D eigenvalue weighted by Gasteiger charge is -1.99. The highest BCUT2D eigenvalue weighted by atomic mass is 32.1. The van der Waals surface area contributed by atoms with Gasteiger partial charge in [0, 0.05) is 0 Å². The fourth-order valence-electron chi connectivity index (χ4n) is 1.04. The van der Waals surface area contributed by atoms with Gasteiger partial charge in [-0.3, -0.25) is 0 Å². The molecule has 1 aromatic heterocycles. The first-order valence-corrected chi connectivity index (χ1v) is 4.60. The molecule has 0 spiro atoms. The summed E-state index contributed by atoms with van der Waals surface area (Å²) in [5.41, 5.74) is 5.08. The fourth-order valence-corrected chi connectivity index (χ4v) is 1.65. The molecule has 0 aliphatic heterocycles. The van der Waals surface area contributed by atoms with Crippen LogP contribution in [0.1, 0.15) is 0 Å². The Bertz CT molecular complexity index is 512. The monoisotopic (exact) mass is 231 g/mol. The lowest BCUT2D eigenvalue weighted by atomic mass is 10.2. The SMILES string of the molecule is Nc1nsc(-c2ccc(F)c(F)c2F)n1. The molecular formula is C8H4F3N3S. The van der Waals surface area contributed by atoms with Crippen molar-refractivity contribution in [2.24, 2.45) is 0 Å². The normalized spacial score (nSPS) is 10.6. The van der Waals surface area contributed by atoms with Crippen molar-refractivity contribution in [1.29, 1.82) is 0 Å². The Morgan fingerprint density at radius 3 is 2.47 bits per heavy atom. The molecule has 0 unspecified atom stereocenters. The summed E-state index contributed by atoms with van der Waals surface area (Å²) in [5, 5.41) is 0.115. The van der Waals surface area contributed by atoms with Gasteiger partial charge >= 0.3 is 0 Å². The van der Waals surface area contributed by atoms with Crippen LogP contribution in [0.4, 0.5) is 19.1 Å². The molecule has 78 valence electrons. The third kappa shape index (κ3) is 1.65. The third-order valence-corrected chi connectivity index (χ3v) is 2.47. The van der Waals surface area contributed by atoms with Gasteiger partial charge in [0.2, 0.25) is 5.95 Å². The molecule has 0 atom stereocenters. The average Bonchev–Trinajstić information content (AvgIpc) is 2.61. The van der Waals surface area contributed by atoms with Gasteiger partial charge in [0.25, 0.3) is 0 Å². The van der Waals surface area contributed by atoms with Crippen LogP contribution in [0.15, 0.2) is 12.1 Å². The number of benzene rings is 1. The van der Waals surface area contributed by atoms with Crippen LogP contribution in [0.2, 0.25) is 0 Å². The second-order valence-electron chi connectivity index (χ2n) is 2.68. The van der Waals surface area contributed by atoms with Crippen LogP contribution in [0.3, 0.4) is 0 Å². The number of nitrogens with zero attached hydrogens (tertiary/aromatic N) is 2. The van der Waals surface area contributed by atoms with Crippen molar-refractivity contribution in [3.05, 3.63) is 29.6 Å². The number of nitrogens with two attached hydrogens (primary N) is 1. The van der Waals surface area contributed by atoms with Gasteiger partial charge in [-0.15, -0.1) is 0 Å². The standard InChI is InChI=1S/C8H4F3N3S/c9-4-2-1-3(5(10)6(4)11)7-13-8(12)14-15-7/h1-2H,(H2,12,14). The molecule has 3 nitrogen and oxygen atoms in total. The van der Waals surface area contributed by atoms with Crippen LogP contribution in [0.25, 0.3) is 10.6 Å². The lowest BCUT2D eigenvalue weighted by Crippen LogP contribution is -1.94. The van der Waals surface area contributed by atoms with E-state index in [9.17, 15) is 13.2 Å². The summed E-state index contributed by atoms with van der Waals surface area (Å²) < 4.78 is 42.3. The molecule has 2 rings (SSSR count). The fraction of sp³-hybridized carbons (Fsp3) is 0.